The molecular weight excluding hydrogens is 573 g/mol. The first-order chi connectivity index (χ1) is 22.1. The van der Waals surface area contributed by atoms with Crippen LogP contribution in [0, 0.1) is 0 Å². The molecule has 5 nitrogen and oxygen atoms in total. The summed E-state index contributed by atoms with van der Waals surface area (Å²) >= 11 is 1.84. The minimum atomic E-state index is 0.404. The van der Waals surface area contributed by atoms with Crippen molar-refractivity contribution in [3.63, 3.8) is 0 Å². The normalized spacial score (nSPS) is 13.1. The van der Waals surface area contributed by atoms with Crippen molar-refractivity contribution >= 4 is 70.4 Å². The molecule has 0 fully saturated rings. The molecule has 0 spiro atoms. The Balaban J connectivity index is 1.18. The van der Waals surface area contributed by atoms with Crippen molar-refractivity contribution in [3.05, 3.63) is 128 Å². The van der Waals surface area contributed by atoms with Gasteiger partial charge in [-0.2, -0.15) is 0 Å². The van der Waals surface area contributed by atoms with Crippen LogP contribution in [-0.4, -0.2) is 22.3 Å². The van der Waals surface area contributed by atoms with Crippen LogP contribution in [0.2, 0.25) is 0 Å². The number of fused-ring (bicyclic) bond motifs is 8. The third-order valence-corrected chi connectivity index (χ3v) is 10.0. The van der Waals surface area contributed by atoms with Gasteiger partial charge in [-0.1, -0.05) is 48.5 Å². The van der Waals surface area contributed by atoms with E-state index in [0.717, 1.165) is 35.2 Å². The van der Waals surface area contributed by atoms with Crippen LogP contribution in [0.5, 0.6) is 11.5 Å². The summed E-state index contributed by atoms with van der Waals surface area (Å²) in [5.41, 5.74) is 5.84. The molecule has 0 saturated heterocycles. The predicted octanol–water partition coefficient (Wildman–Crippen LogP) is 10.7. The van der Waals surface area contributed by atoms with E-state index in [1.165, 1.54) is 47.8 Å². The molecule has 0 amide bonds. The van der Waals surface area contributed by atoms with Gasteiger partial charge in [0.2, 0.25) is 0 Å². The minimum absolute atomic E-state index is 0.404. The van der Waals surface area contributed by atoms with Gasteiger partial charge in [0.15, 0.2) is 0 Å². The average molecular weight is 603 g/mol. The molecule has 0 atom stereocenters. The van der Waals surface area contributed by atoms with Crippen molar-refractivity contribution < 1.29 is 4.74 Å². The van der Waals surface area contributed by atoms with Crippen LogP contribution >= 0.6 is 11.3 Å². The number of rotatable bonds is 5. The van der Waals surface area contributed by atoms with E-state index < -0.39 is 0 Å². The van der Waals surface area contributed by atoms with Crippen molar-refractivity contribution in [2.45, 2.75) is 19.9 Å². The summed E-state index contributed by atoms with van der Waals surface area (Å²) in [4.78, 5) is 9.61. The third-order valence-electron chi connectivity index (χ3n) is 8.88. The van der Waals surface area contributed by atoms with Crippen LogP contribution in [0.25, 0.3) is 47.8 Å². The van der Waals surface area contributed by atoms with Gasteiger partial charge >= 0.3 is 0 Å². The Bertz CT molecular complexity index is 2390. The molecule has 1 aliphatic rings. The van der Waals surface area contributed by atoms with E-state index >= 15 is 0 Å². The van der Waals surface area contributed by atoms with Crippen molar-refractivity contribution in [1.82, 2.24) is 9.55 Å². The highest BCUT2D eigenvalue weighted by Crippen LogP contribution is 2.45. The Kier molecular flexibility index (Phi) is 5.87. The summed E-state index contributed by atoms with van der Waals surface area (Å²) in [6, 6.07) is 43.2. The van der Waals surface area contributed by atoms with E-state index in [-0.39, 0.29) is 0 Å². The third kappa shape index (κ3) is 4.10. The van der Waals surface area contributed by atoms with E-state index in [9.17, 15) is 0 Å². The number of hydrogen-bond acceptors (Lipinski definition) is 5. The number of aromatic nitrogens is 2. The van der Waals surface area contributed by atoms with E-state index in [4.69, 9.17) is 9.72 Å². The van der Waals surface area contributed by atoms with Crippen LogP contribution in [0.4, 0.5) is 17.1 Å². The van der Waals surface area contributed by atoms with Crippen LogP contribution in [-0.2, 0) is 0 Å². The largest absolute Gasteiger partial charge is 0.457 e. The summed E-state index contributed by atoms with van der Waals surface area (Å²) < 4.78 is 11.5. The van der Waals surface area contributed by atoms with Crippen molar-refractivity contribution in [1.29, 1.82) is 0 Å². The van der Waals surface area contributed by atoms with Crippen molar-refractivity contribution in [2.24, 2.45) is 0 Å². The molecule has 3 aromatic heterocycles. The highest BCUT2D eigenvalue weighted by atomic mass is 32.1. The molecule has 45 heavy (non-hydrogen) atoms. The Labute approximate surface area is 265 Å². The zero-order valence-electron chi connectivity index (χ0n) is 25.0. The highest BCUT2D eigenvalue weighted by molar-refractivity contribution is 7.26. The molecular formula is C39H30N4OS. The first kappa shape index (κ1) is 26.1. The van der Waals surface area contributed by atoms with Gasteiger partial charge in [0, 0.05) is 61.0 Å². The van der Waals surface area contributed by atoms with Gasteiger partial charge in [-0.3, -0.25) is 4.57 Å². The SMILES string of the molecule is CC(C)N1CN(c2cccc(Oc3ccc4c5ccc6sc7ccccc7c6c5n(-c5ccccn5)c4c3)c2)c2ccccc21. The van der Waals surface area contributed by atoms with Crippen molar-refractivity contribution in [2.75, 3.05) is 16.5 Å². The Morgan fingerprint density at radius 1 is 0.689 bits per heavy atom. The fraction of sp³-hybridized carbons (Fsp3) is 0.103. The van der Waals surface area contributed by atoms with Gasteiger partial charge in [0.25, 0.3) is 0 Å². The number of hydrogen-bond donors (Lipinski definition) is 0. The molecule has 0 unspecified atom stereocenters. The Morgan fingerprint density at radius 3 is 2.36 bits per heavy atom. The van der Waals surface area contributed by atoms with Gasteiger partial charge in [-0.05, 0) is 74.5 Å². The van der Waals surface area contributed by atoms with E-state index in [2.05, 4.69) is 137 Å². The fourth-order valence-corrected chi connectivity index (χ4v) is 7.94. The molecule has 4 heterocycles. The molecule has 6 heteroatoms. The molecule has 0 radical (unpaired) electrons. The van der Waals surface area contributed by atoms with Crippen LogP contribution < -0.4 is 14.5 Å². The first-order valence-electron chi connectivity index (χ1n) is 15.3. The molecule has 5 aromatic carbocycles. The molecule has 0 bridgehead atoms. The molecule has 0 aliphatic carbocycles. The summed E-state index contributed by atoms with van der Waals surface area (Å²) in [5.74, 6) is 2.48. The smallest absolute Gasteiger partial charge is 0.137 e. The first-order valence-corrected chi connectivity index (χ1v) is 16.2. The second-order valence-electron chi connectivity index (χ2n) is 11.9. The van der Waals surface area contributed by atoms with Gasteiger partial charge in [0.05, 0.1) is 29.1 Å². The monoisotopic (exact) mass is 602 g/mol. The lowest BCUT2D eigenvalue weighted by Gasteiger charge is -2.25. The minimum Gasteiger partial charge on any atom is -0.457 e. The van der Waals surface area contributed by atoms with E-state index in [1.54, 1.807) is 0 Å². The van der Waals surface area contributed by atoms with E-state index in [0.29, 0.717) is 6.04 Å². The fourth-order valence-electron chi connectivity index (χ4n) is 6.83. The molecule has 9 rings (SSSR count). The molecule has 218 valence electrons. The molecule has 1 aliphatic heterocycles. The lowest BCUT2D eigenvalue weighted by atomic mass is 10.1. The zero-order chi connectivity index (χ0) is 30.1. The Morgan fingerprint density at radius 2 is 1.49 bits per heavy atom. The number of nitrogens with zero attached hydrogens (tertiary/aromatic N) is 4. The second-order valence-corrected chi connectivity index (χ2v) is 12.9. The number of anilines is 3. The number of ether oxygens (including phenoxy) is 1. The Hall–Kier alpha value is -5.33. The van der Waals surface area contributed by atoms with Gasteiger partial charge in [0.1, 0.15) is 17.3 Å². The maximum absolute atomic E-state index is 6.61. The number of pyridine rings is 1. The van der Waals surface area contributed by atoms with Crippen molar-refractivity contribution in [3.8, 4) is 17.3 Å². The molecule has 8 aromatic rings. The van der Waals surface area contributed by atoms with Gasteiger partial charge < -0.3 is 14.5 Å². The standard InChI is InChI=1S/C39H30N4OS/c1-25(2)41-24-42(33-14-5-4-13-32(33)41)26-10-9-11-27(22-26)44-28-17-18-29-30-19-20-36-38(31-12-3-6-15-35(31)45-36)39(30)43(34(29)23-28)37-16-7-8-21-40-37/h3-23,25H,24H2,1-2H3. The molecule has 0 saturated carbocycles. The highest BCUT2D eigenvalue weighted by Gasteiger charge is 2.28. The lowest BCUT2D eigenvalue weighted by molar-refractivity contribution is 0.483. The molecule has 0 N–H and O–H groups in total. The quantitative estimate of drug-likeness (QED) is 0.196. The average Bonchev–Trinajstić information content (AvgIpc) is 3.75. The van der Waals surface area contributed by atoms with Crippen LogP contribution in [0.15, 0.2) is 128 Å². The topological polar surface area (TPSA) is 33.5 Å². The summed E-state index contributed by atoms with van der Waals surface area (Å²) in [6.07, 6.45) is 1.86. The number of benzene rings is 5. The van der Waals surface area contributed by atoms with Gasteiger partial charge in [-0.15, -0.1) is 11.3 Å². The van der Waals surface area contributed by atoms with Crippen LogP contribution in [0.1, 0.15) is 13.8 Å². The zero-order valence-corrected chi connectivity index (χ0v) is 25.8. The lowest BCUT2D eigenvalue weighted by Crippen LogP contribution is -2.33. The van der Waals surface area contributed by atoms with Crippen LogP contribution in [0.3, 0.4) is 0 Å². The number of para-hydroxylation sites is 2. The summed E-state index contributed by atoms with van der Waals surface area (Å²) in [6.45, 7) is 5.29. The van der Waals surface area contributed by atoms with Gasteiger partial charge in [-0.25, -0.2) is 4.98 Å². The second kappa shape index (κ2) is 10.1. The maximum Gasteiger partial charge on any atom is 0.137 e. The van der Waals surface area contributed by atoms with E-state index in [1.807, 2.05) is 29.7 Å². The number of thiophene rings is 1. The summed E-state index contributed by atoms with van der Waals surface area (Å²) in [5, 5.41) is 4.93. The predicted molar refractivity (Wildman–Crippen MR) is 189 cm³/mol. The maximum atomic E-state index is 6.61. The summed E-state index contributed by atoms with van der Waals surface area (Å²) in [7, 11) is 0.